The minimum atomic E-state index is -1.21. The van der Waals surface area contributed by atoms with Crippen molar-refractivity contribution >= 4 is 23.9 Å². The highest BCUT2D eigenvalue weighted by Crippen LogP contribution is 2.10. The van der Waals surface area contributed by atoms with Crippen LogP contribution >= 0.6 is 0 Å². The van der Waals surface area contributed by atoms with E-state index in [1.807, 2.05) is 4.90 Å². The topological polar surface area (TPSA) is 175 Å². The Labute approximate surface area is 208 Å². The van der Waals surface area contributed by atoms with E-state index in [2.05, 4.69) is 10.9 Å². The quantitative estimate of drug-likeness (QED) is 0.293. The molecule has 0 unspecified atom stereocenters. The second kappa shape index (κ2) is 14.1. The first-order chi connectivity index (χ1) is 17.0. The van der Waals surface area contributed by atoms with Gasteiger partial charge in [0.15, 0.2) is 0 Å². The molecule has 0 atom stereocenters. The van der Waals surface area contributed by atoms with Crippen LogP contribution in [-0.4, -0.2) is 141 Å². The van der Waals surface area contributed by atoms with Gasteiger partial charge < -0.3 is 20.4 Å². The van der Waals surface area contributed by atoms with Gasteiger partial charge >= 0.3 is 23.9 Å². The molecule has 0 spiro atoms. The highest BCUT2D eigenvalue weighted by molar-refractivity contribution is 5.85. The van der Waals surface area contributed by atoms with Gasteiger partial charge in [0.1, 0.15) is 5.69 Å². The van der Waals surface area contributed by atoms with Gasteiger partial charge in [0.2, 0.25) is 0 Å². The Kier molecular flexibility index (Phi) is 11.2. The predicted octanol–water partition coefficient (Wildman–Crippen LogP) is -1.26. The van der Waals surface area contributed by atoms with Crippen LogP contribution in [-0.2, 0) is 20.9 Å². The maximum Gasteiger partial charge on any atom is 0.354 e. The first kappa shape index (κ1) is 28.7. The van der Waals surface area contributed by atoms with Crippen LogP contribution in [0.15, 0.2) is 12.1 Å². The van der Waals surface area contributed by atoms with Crippen molar-refractivity contribution in [3.63, 3.8) is 0 Å². The molecule has 0 radical (unpaired) electrons. The highest BCUT2D eigenvalue weighted by atomic mass is 16.4. The van der Waals surface area contributed by atoms with Gasteiger partial charge in [-0.3, -0.25) is 34.0 Å². The maximum absolute atomic E-state index is 11.4. The second-order valence-electron chi connectivity index (χ2n) is 8.47. The van der Waals surface area contributed by atoms with Crippen molar-refractivity contribution in [1.82, 2.24) is 24.6 Å². The molecule has 0 amide bonds. The summed E-state index contributed by atoms with van der Waals surface area (Å²) in [6, 6.07) is 2.91. The smallest absolute Gasteiger partial charge is 0.354 e. The molecule has 4 N–H and O–H groups in total. The highest BCUT2D eigenvalue weighted by Gasteiger charge is 2.21. The summed E-state index contributed by atoms with van der Waals surface area (Å²) in [5.74, 6) is -1.85. The summed E-state index contributed by atoms with van der Waals surface area (Å²) in [6.45, 7) is 2.19. The van der Waals surface area contributed by atoms with Crippen LogP contribution in [0, 0.1) is 12.3 Å². The van der Waals surface area contributed by atoms with Crippen LogP contribution in [0.3, 0.4) is 0 Å². The number of aromatic carboxylic acids is 1. The van der Waals surface area contributed by atoms with Gasteiger partial charge in [-0.1, -0.05) is 5.92 Å². The molecule has 196 valence electrons. The zero-order valence-electron chi connectivity index (χ0n) is 19.9. The van der Waals surface area contributed by atoms with Gasteiger partial charge in [0.25, 0.3) is 0 Å². The Balaban J connectivity index is 2.27. The van der Waals surface area contributed by atoms with Crippen molar-refractivity contribution in [2.45, 2.75) is 6.54 Å². The average molecular weight is 506 g/mol. The largest absolute Gasteiger partial charge is 0.480 e. The summed E-state index contributed by atoms with van der Waals surface area (Å²) in [5, 5.41) is 37.2. The minimum absolute atomic E-state index is 0.187. The molecule has 2 rings (SSSR count). The van der Waals surface area contributed by atoms with Gasteiger partial charge in [0.05, 0.1) is 25.3 Å². The Bertz CT molecular complexity index is 963. The molecule has 1 saturated heterocycles. The van der Waals surface area contributed by atoms with E-state index in [9.17, 15) is 39.6 Å². The standard InChI is InChI=1S/C23H31N5O8/c1-2-17-11-18(24-19(12-17)23(35)36)13-25-3-5-26(14-20(29)30)7-9-28(16-22(33)34)10-8-27(6-4-25)15-21(31)32/h1,11-12H,3-10,13-16H2,(H,29,30)(H,31,32)(H,33,34)(H,35,36). The number of terminal acetylenes is 1. The van der Waals surface area contributed by atoms with Gasteiger partial charge in [-0.2, -0.15) is 0 Å². The fraction of sp³-hybridized carbons (Fsp3) is 0.522. The van der Waals surface area contributed by atoms with Crippen molar-refractivity contribution < 1.29 is 39.6 Å². The normalized spacial score (nSPS) is 17.4. The molecular weight excluding hydrogens is 474 g/mol. The number of aromatic nitrogens is 1. The molecule has 0 saturated carbocycles. The van der Waals surface area contributed by atoms with Crippen molar-refractivity contribution in [2.24, 2.45) is 0 Å². The zero-order chi connectivity index (χ0) is 26.7. The number of hydrogen-bond donors (Lipinski definition) is 4. The van der Waals surface area contributed by atoms with E-state index in [0.29, 0.717) is 63.6 Å². The maximum atomic E-state index is 11.4. The first-order valence-corrected chi connectivity index (χ1v) is 11.3. The van der Waals surface area contributed by atoms with Gasteiger partial charge in [-0.15, -0.1) is 6.42 Å². The lowest BCUT2D eigenvalue weighted by molar-refractivity contribution is -0.140. The summed E-state index contributed by atoms with van der Waals surface area (Å²) in [4.78, 5) is 56.6. The van der Waals surface area contributed by atoms with E-state index >= 15 is 0 Å². The third kappa shape index (κ3) is 10.4. The number of pyridine rings is 1. The van der Waals surface area contributed by atoms with E-state index < -0.39 is 23.9 Å². The molecule has 36 heavy (non-hydrogen) atoms. The van der Waals surface area contributed by atoms with E-state index in [4.69, 9.17) is 6.42 Å². The average Bonchev–Trinajstić information content (AvgIpc) is 2.79. The molecule has 0 bridgehead atoms. The summed E-state index contributed by atoms with van der Waals surface area (Å²) in [7, 11) is 0. The molecular formula is C23H31N5O8. The monoisotopic (exact) mass is 505 g/mol. The lowest BCUT2D eigenvalue weighted by atomic mass is 10.2. The number of rotatable bonds is 9. The van der Waals surface area contributed by atoms with Crippen molar-refractivity contribution in [1.29, 1.82) is 0 Å². The zero-order valence-corrected chi connectivity index (χ0v) is 19.9. The first-order valence-electron chi connectivity index (χ1n) is 11.3. The molecule has 1 fully saturated rings. The third-order valence-electron chi connectivity index (χ3n) is 5.66. The Morgan fingerprint density at radius 3 is 1.44 bits per heavy atom. The summed E-state index contributed by atoms with van der Waals surface area (Å²) >= 11 is 0. The van der Waals surface area contributed by atoms with Crippen LogP contribution in [0.1, 0.15) is 21.7 Å². The van der Waals surface area contributed by atoms with Crippen molar-refractivity contribution in [3.8, 4) is 12.3 Å². The fourth-order valence-corrected chi connectivity index (χ4v) is 3.88. The molecule has 0 aliphatic carbocycles. The minimum Gasteiger partial charge on any atom is -0.480 e. The summed E-state index contributed by atoms with van der Waals surface area (Å²) in [6.07, 6.45) is 5.46. The van der Waals surface area contributed by atoms with Crippen LogP contribution in [0.2, 0.25) is 0 Å². The second-order valence-corrected chi connectivity index (χ2v) is 8.47. The lowest BCUT2D eigenvalue weighted by Crippen LogP contribution is -2.48. The molecule has 1 aliphatic heterocycles. The Hall–Kier alpha value is -3.57. The Morgan fingerprint density at radius 1 is 0.722 bits per heavy atom. The van der Waals surface area contributed by atoms with Gasteiger partial charge in [-0.05, 0) is 12.1 Å². The molecule has 1 aromatic heterocycles. The molecule has 0 aromatic carbocycles. The molecule has 1 aliphatic rings. The lowest BCUT2D eigenvalue weighted by Gasteiger charge is -2.33. The third-order valence-corrected chi connectivity index (χ3v) is 5.66. The number of hydrogen-bond acceptors (Lipinski definition) is 9. The van der Waals surface area contributed by atoms with Crippen LogP contribution in [0.5, 0.6) is 0 Å². The van der Waals surface area contributed by atoms with E-state index in [1.54, 1.807) is 20.8 Å². The van der Waals surface area contributed by atoms with Crippen molar-refractivity contribution in [3.05, 3.63) is 29.1 Å². The van der Waals surface area contributed by atoms with Gasteiger partial charge in [-0.25, -0.2) is 9.78 Å². The summed E-state index contributed by atoms with van der Waals surface area (Å²) < 4.78 is 0. The van der Waals surface area contributed by atoms with Crippen LogP contribution < -0.4 is 0 Å². The van der Waals surface area contributed by atoms with Crippen molar-refractivity contribution in [2.75, 3.05) is 72.0 Å². The van der Waals surface area contributed by atoms with Crippen LogP contribution in [0.4, 0.5) is 0 Å². The number of nitrogens with zero attached hydrogens (tertiary/aromatic N) is 5. The predicted molar refractivity (Wildman–Crippen MR) is 127 cm³/mol. The molecule has 13 nitrogen and oxygen atoms in total. The Morgan fingerprint density at radius 2 is 1.11 bits per heavy atom. The van der Waals surface area contributed by atoms with Gasteiger partial charge in [0, 0.05) is 64.5 Å². The van der Waals surface area contributed by atoms with E-state index in [0.717, 1.165) is 0 Å². The SMILES string of the molecule is C#Cc1cc(CN2CCN(CC(=O)O)CCN(CC(=O)O)CCN(CC(=O)O)CC2)nc(C(=O)O)c1. The number of carboxylic acid groups (broad SMARTS) is 4. The number of carbonyl (C=O) groups is 4. The number of aliphatic carboxylic acids is 3. The number of carboxylic acids is 4. The van der Waals surface area contributed by atoms with E-state index in [1.165, 1.54) is 6.07 Å². The summed E-state index contributed by atoms with van der Waals surface area (Å²) in [5.41, 5.74) is 0.607. The van der Waals surface area contributed by atoms with Crippen LogP contribution in [0.25, 0.3) is 0 Å². The molecule has 2 heterocycles. The molecule has 13 heteroatoms. The fourth-order valence-electron chi connectivity index (χ4n) is 3.88. The molecule has 1 aromatic rings. The van der Waals surface area contributed by atoms with E-state index in [-0.39, 0.29) is 31.9 Å².